The molecule has 2 aromatic rings. The molecule has 0 amide bonds. The molecule has 0 aromatic carbocycles. The van der Waals surface area contributed by atoms with Crippen LogP contribution in [0.2, 0.25) is 0 Å². The van der Waals surface area contributed by atoms with Gasteiger partial charge in [-0.1, -0.05) is 0 Å². The Morgan fingerprint density at radius 1 is 1.00 bits per heavy atom. The van der Waals surface area contributed by atoms with E-state index in [0.29, 0.717) is 6.42 Å². The van der Waals surface area contributed by atoms with Crippen LogP contribution in [0.1, 0.15) is 16.8 Å². The summed E-state index contributed by atoms with van der Waals surface area (Å²) in [7, 11) is 2.17. The number of ether oxygens (including phenoxy) is 1. The Kier molecular flexibility index (Phi) is 5.24. The summed E-state index contributed by atoms with van der Waals surface area (Å²) >= 11 is 0. The van der Waals surface area contributed by atoms with Crippen LogP contribution in [0.3, 0.4) is 0 Å². The van der Waals surface area contributed by atoms with E-state index in [1.54, 1.807) is 0 Å². The van der Waals surface area contributed by atoms with Crippen LogP contribution in [0, 0.1) is 0 Å². The lowest BCUT2D eigenvalue weighted by molar-refractivity contribution is 0.0370. The van der Waals surface area contributed by atoms with Gasteiger partial charge in [0.05, 0.1) is 13.2 Å². The van der Waals surface area contributed by atoms with Crippen LogP contribution < -0.4 is 4.90 Å². The number of carbonyl (C=O) groups is 1. The molecule has 0 saturated carbocycles. The molecule has 0 aliphatic carbocycles. The van der Waals surface area contributed by atoms with Gasteiger partial charge in [0.1, 0.15) is 5.82 Å². The van der Waals surface area contributed by atoms with Gasteiger partial charge in [-0.3, -0.25) is 9.69 Å². The van der Waals surface area contributed by atoms with Gasteiger partial charge in [0.25, 0.3) is 0 Å². The zero-order chi connectivity index (χ0) is 17.9. The minimum Gasteiger partial charge on any atom is -0.379 e. The van der Waals surface area contributed by atoms with Gasteiger partial charge in [-0.05, 0) is 31.3 Å². The molecule has 0 atom stereocenters. The second-order valence-corrected chi connectivity index (χ2v) is 7.32. The first-order valence-electron chi connectivity index (χ1n) is 9.58. The van der Waals surface area contributed by atoms with E-state index in [1.807, 2.05) is 12.3 Å². The number of Topliss-reactive ketones (excluding diaryl/α,β-unsaturated/α-hetero) is 1. The molecule has 0 unspecified atom stereocenters. The Morgan fingerprint density at radius 3 is 2.50 bits per heavy atom. The molecule has 0 spiro atoms. The lowest BCUT2D eigenvalue weighted by Gasteiger charge is -2.33. The average molecular weight is 356 g/mol. The van der Waals surface area contributed by atoms with E-state index in [-0.39, 0.29) is 5.78 Å². The number of pyridine rings is 1. The summed E-state index contributed by atoms with van der Waals surface area (Å²) in [5, 5.41) is 0. The van der Waals surface area contributed by atoms with Crippen LogP contribution in [-0.4, -0.2) is 86.1 Å². The molecule has 6 nitrogen and oxygen atoms in total. The van der Waals surface area contributed by atoms with Crippen LogP contribution >= 0.6 is 0 Å². The van der Waals surface area contributed by atoms with Crippen molar-refractivity contribution in [2.45, 2.75) is 6.42 Å². The van der Waals surface area contributed by atoms with E-state index in [0.717, 1.165) is 70.1 Å². The van der Waals surface area contributed by atoms with Crippen LogP contribution in [0.15, 0.2) is 30.5 Å². The minimum absolute atomic E-state index is 0.219. The van der Waals surface area contributed by atoms with Crippen LogP contribution in [0.5, 0.6) is 0 Å². The number of morpholine rings is 1. The average Bonchev–Trinajstić information content (AvgIpc) is 3.11. The number of aromatic nitrogens is 1. The van der Waals surface area contributed by atoms with Crippen molar-refractivity contribution in [3.63, 3.8) is 0 Å². The third-order valence-corrected chi connectivity index (χ3v) is 5.54. The first-order chi connectivity index (χ1) is 12.7. The Labute approximate surface area is 154 Å². The summed E-state index contributed by atoms with van der Waals surface area (Å²) in [6, 6.07) is 8.32. The maximum atomic E-state index is 12.7. The van der Waals surface area contributed by atoms with Crippen molar-refractivity contribution in [2.24, 2.45) is 0 Å². The van der Waals surface area contributed by atoms with E-state index in [1.165, 1.54) is 5.82 Å². The van der Waals surface area contributed by atoms with Crippen LogP contribution in [0.25, 0.3) is 5.52 Å². The molecule has 4 heterocycles. The highest BCUT2D eigenvalue weighted by Gasteiger charge is 2.18. The number of likely N-dealkylation sites (N-methyl/N-ethyl adjacent to an activating group) is 1. The molecule has 2 aliphatic heterocycles. The van der Waals surface area contributed by atoms with Crippen molar-refractivity contribution in [3.05, 3.63) is 36.0 Å². The molecule has 2 aliphatic rings. The smallest absolute Gasteiger partial charge is 0.165 e. The van der Waals surface area contributed by atoms with Crippen molar-refractivity contribution in [1.82, 2.24) is 14.2 Å². The zero-order valence-corrected chi connectivity index (χ0v) is 15.6. The van der Waals surface area contributed by atoms with Crippen molar-refractivity contribution in [1.29, 1.82) is 0 Å². The van der Waals surface area contributed by atoms with Crippen LogP contribution in [-0.2, 0) is 4.74 Å². The topological polar surface area (TPSA) is 40.4 Å². The lowest BCUT2D eigenvalue weighted by Crippen LogP contribution is -2.44. The van der Waals surface area contributed by atoms with Gasteiger partial charge in [-0.25, -0.2) is 0 Å². The van der Waals surface area contributed by atoms with E-state index in [2.05, 4.69) is 44.3 Å². The highest BCUT2D eigenvalue weighted by atomic mass is 16.5. The summed E-state index contributed by atoms with van der Waals surface area (Å²) in [6.45, 7) is 8.43. The van der Waals surface area contributed by atoms with Gasteiger partial charge < -0.3 is 18.9 Å². The monoisotopic (exact) mass is 356 g/mol. The van der Waals surface area contributed by atoms with Gasteiger partial charge in [0.2, 0.25) is 0 Å². The molecule has 2 fully saturated rings. The Balaban J connectivity index is 1.47. The van der Waals surface area contributed by atoms with Crippen molar-refractivity contribution >= 4 is 17.1 Å². The predicted octanol–water partition coefficient (Wildman–Crippen LogP) is 1.60. The fraction of sp³-hybridized carbons (Fsp3) is 0.550. The number of piperazine rings is 1. The number of anilines is 1. The van der Waals surface area contributed by atoms with E-state index in [4.69, 9.17) is 4.74 Å². The molecule has 6 heteroatoms. The van der Waals surface area contributed by atoms with E-state index < -0.39 is 0 Å². The third-order valence-electron chi connectivity index (χ3n) is 5.54. The normalized spacial score (nSPS) is 20.0. The second kappa shape index (κ2) is 7.78. The molecule has 26 heavy (non-hydrogen) atoms. The molecule has 0 bridgehead atoms. The first-order valence-corrected chi connectivity index (χ1v) is 9.58. The van der Waals surface area contributed by atoms with Gasteiger partial charge in [0.15, 0.2) is 5.78 Å². The molecule has 2 aromatic heterocycles. The van der Waals surface area contributed by atoms with E-state index >= 15 is 0 Å². The Hall–Kier alpha value is -1.89. The van der Waals surface area contributed by atoms with Crippen molar-refractivity contribution in [2.75, 3.05) is 71.0 Å². The summed E-state index contributed by atoms with van der Waals surface area (Å²) < 4.78 is 7.54. The largest absolute Gasteiger partial charge is 0.379 e. The maximum absolute atomic E-state index is 12.7. The number of rotatable bonds is 5. The number of hydrogen-bond acceptors (Lipinski definition) is 5. The highest BCUT2D eigenvalue weighted by molar-refractivity contribution is 5.96. The third kappa shape index (κ3) is 3.77. The number of hydrogen-bond donors (Lipinski definition) is 0. The second-order valence-electron chi connectivity index (χ2n) is 7.32. The van der Waals surface area contributed by atoms with E-state index in [9.17, 15) is 4.79 Å². The molecule has 0 N–H and O–H groups in total. The van der Waals surface area contributed by atoms with Gasteiger partial charge in [-0.2, -0.15) is 0 Å². The molecule has 2 saturated heterocycles. The molecule has 0 radical (unpaired) electrons. The molecule has 4 rings (SSSR count). The molecular formula is C20H28N4O2. The zero-order valence-electron chi connectivity index (χ0n) is 15.6. The SMILES string of the molecule is CN1CCN(c2ccc3ccc(C(=O)CCN4CCOCC4)cn23)CC1. The summed E-state index contributed by atoms with van der Waals surface area (Å²) in [5.74, 6) is 1.41. The maximum Gasteiger partial charge on any atom is 0.165 e. The molecular weight excluding hydrogens is 328 g/mol. The summed E-state index contributed by atoms with van der Waals surface area (Å²) in [4.78, 5) is 19.8. The van der Waals surface area contributed by atoms with Crippen molar-refractivity contribution < 1.29 is 9.53 Å². The standard InChI is InChI=1S/C20H28N4O2/c1-21-8-10-23(11-9-21)20-5-4-18-3-2-17(16-24(18)20)19(25)6-7-22-12-14-26-15-13-22/h2-5,16H,6-15H2,1H3. The minimum atomic E-state index is 0.219. The van der Waals surface area contributed by atoms with Crippen LogP contribution in [0.4, 0.5) is 5.82 Å². The van der Waals surface area contributed by atoms with Crippen molar-refractivity contribution in [3.8, 4) is 0 Å². The number of ketones is 1. The summed E-state index contributed by atoms with van der Waals surface area (Å²) in [6.07, 6.45) is 2.58. The first kappa shape index (κ1) is 17.5. The van der Waals surface area contributed by atoms with Gasteiger partial charge in [0, 0.05) is 69.5 Å². The number of nitrogens with zero attached hydrogens (tertiary/aromatic N) is 4. The number of fused-ring (bicyclic) bond motifs is 1. The number of carbonyl (C=O) groups excluding carboxylic acids is 1. The fourth-order valence-corrected chi connectivity index (χ4v) is 3.77. The lowest BCUT2D eigenvalue weighted by atomic mass is 10.1. The predicted molar refractivity (Wildman–Crippen MR) is 103 cm³/mol. The quantitative estimate of drug-likeness (QED) is 0.761. The fourth-order valence-electron chi connectivity index (χ4n) is 3.77. The Morgan fingerprint density at radius 2 is 1.73 bits per heavy atom. The van der Waals surface area contributed by atoms with Gasteiger partial charge >= 0.3 is 0 Å². The van der Waals surface area contributed by atoms with Gasteiger partial charge in [-0.15, -0.1) is 0 Å². The highest BCUT2D eigenvalue weighted by Crippen LogP contribution is 2.22. The summed E-state index contributed by atoms with van der Waals surface area (Å²) in [5.41, 5.74) is 1.95. The Bertz CT molecular complexity index is 758. The molecule has 140 valence electrons.